The third-order valence-corrected chi connectivity index (χ3v) is 4.16. The van der Waals surface area contributed by atoms with Crippen LogP contribution < -0.4 is 5.32 Å². The van der Waals surface area contributed by atoms with E-state index in [2.05, 4.69) is 28.4 Å². The first-order chi connectivity index (χ1) is 11.1. The number of nitrogens with one attached hydrogen (secondary N) is 1. The Morgan fingerprint density at radius 2 is 1.78 bits per heavy atom. The van der Waals surface area contributed by atoms with Gasteiger partial charge >= 0.3 is 0 Å². The zero-order valence-corrected chi connectivity index (χ0v) is 13.2. The van der Waals surface area contributed by atoms with E-state index in [1.165, 1.54) is 12.5 Å². The summed E-state index contributed by atoms with van der Waals surface area (Å²) in [7, 11) is 0. The Balaban J connectivity index is 1.92. The Bertz CT molecular complexity index is 712. The van der Waals surface area contributed by atoms with E-state index < -0.39 is 6.04 Å². The molecule has 2 aromatic rings. The van der Waals surface area contributed by atoms with Crippen molar-refractivity contribution in [2.75, 3.05) is 6.54 Å². The number of nitrogens with zero attached hydrogens (tertiary/aromatic N) is 1. The minimum absolute atomic E-state index is 0.249. The fourth-order valence-corrected chi connectivity index (χ4v) is 3.16. The van der Waals surface area contributed by atoms with Crippen molar-refractivity contribution < 1.29 is 9.59 Å². The Kier molecular flexibility index (Phi) is 4.53. The SMILES string of the molecule is CC(=O)NC(=O)C1c2ccccc2CCN1Cc1ccccc1. The minimum atomic E-state index is -0.427. The van der Waals surface area contributed by atoms with Crippen LogP contribution in [0.15, 0.2) is 54.6 Å². The Labute approximate surface area is 136 Å². The first kappa shape index (κ1) is 15.4. The second-order valence-electron chi connectivity index (χ2n) is 5.85. The van der Waals surface area contributed by atoms with Crippen LogP contribution in [0.4, 0.5) is 0 Å². The molecule has 23 heavy (non-hydrogen) atoms. The molecule has 0 radical (unpaired) electrons. The molecule has 1 aliphatic rings. The monoisotopic (exact) mass is 308 g/mol. The number of hydrogen-bond donors (Lipinski definition) is 1. The topological polar surface area (TPSA) is 49.4 Å². The van der Waals surface area contributed by atoms with Gasteiger partial charge in [-0.05, 0) is 23.1 Å². The largest absolute Gasteiger partial charge is 0.295 e. The van der Waals surface area contributed by atoms with E-state index in [-0.39, 0.29) is 11.8 Å². The molecule has 0 bridgehead atoms. The van der Waals surface area contributed by atoms with E-state index in [9.17, 15) is 9.59 Å². The molecule has 4 heteroatoms. The van der Waals surface area contributed by atoms with Crippen molar-refractivity contribution in [3.8, 4) is 0 Å². The standard InChI is InChI=1S/C19H20N2O2/c1-14(22)20-19(23)18-17-10-6-5-9-16(17)11-12-21(18)13-15-7-3-2-4-8-15/h2-10,18H,11-13H2,1H3,(H,20,22,23). The maximum Gasteiger partial charge on any atom is 0.248 e. The van der Waals surface area contributed by atoms with Gasteiger partial charge in [0.25, 0.3) is 0 Å². The molecular weight excluding hydrogens is 288 g/mol. The third kappa shape index (κ3) is 3.48. The molecule has 1 heterocycles. The van der Waals surface area contributed by atoms with E-state index in [1.807, 2.05) is 36.4 Å². The molecule has 1 aliphatic heterocycles. The number of rotatable bonds is 3. The lowest BCUT2D eigenvalue weighted by atomic mass is 9.91. The summed E-state index contributed by atoms with van der Waals surface area (Å²) in [6.07, 6.45) is 0.910. The first-order valence-corrected chi connectivity index (χ1v) is 7.82. The van der Waals surface area contributed by atoms with Crippen molar-refractivity contribution >= 4 is 11.8 Å². The number of carbonyl (C=O) groups excluding carboxylic acids is 2. The van der Waals surface area contributed by atoms with Crippen molar-refractivity contribution in [1.29, 1.82) is 0 Å². The first-order valence-electron chi connectivity index (χ1n) is 7.82. The van der Waals surface area contributed by atoms with Gasteiger partial charge in [-0.2, -0.15) is 0 Å². The number of hydrogen-bond acceptors (Lipinski definition) is 3. The van der Waals surface area contributed by atoms with Gasteiger partial charge in [-0.15, -0.1) is 0 Å². The van der Waals surface area contributed by atoms with E-state index in [1.54, 1.807) is 0 Å². The highest BCUT2D eigenvalue weighted by Crippen LogP contribution is 2.31. The van der Waals surface area contributed by atoms with Crippen molar-refractivity contribution in [2.24, 2.45) is 0 Å². The van der Waals surface area contributed by atoms with Crippen molar-refractivity contribution in [2.45, 2.75) is 25.9 Å². The molecule has 3 rings (SSSR count). The van der Waals surface area contributed by atoms with Crippen LogP contribution >= 0.6 is 0 Å². The van der Waals surface area contributed by atoms with Gasteiger partial charge in [-0.3, -0.25) is 19.8 Å². The van der Waals surface area contributed by atoms with Crippen LogP contribution in [0.1, 0.15) is 29.7 Å². The lowest BCUT2D eigenvalue weighted by Crippen LogP contribution is -2.45. The maximum absolute atomic E-state index is 12.6. The molecule has 0 spiro atoms. The third-order valence-electron chi connectivity index (χ3n) is 4.16. The van der Waals surface area contributed by atoms with Crippen LogP contribution in [0.5, 0.6) is 0 Å². The number of fused-ring (bicyclic) bond motifs is 1. The van der Waals surface area contributed by atoms with E-state index in [0.717, 1.165) is 24.1 Å². The molecule has 0 aromatic heterocycles. The van der Waals surface area contributed by atoms with E-state index in [4.69, 9.17) is 0 Å². The summed E-state index contributed by atoms with van der Waals surface area (Å²) < 4.78 is 0. The summed E-state index contributed by atoms with van der Waals surface area (Å²) in [5.41, 5.74) is 3.33. The molecule has 0 saturated carbocycles. The van der Waals surface area contributed by atoms with Gasteiger partial charge in [0, 0.05) is 20.0 Å². The number of amides is 2. The summed E-state index contributed by atoms with van der Waals surface area (Å²) in [4.78, 5) is 26.1. The van der Waals surface area contributed by atoms with Crippen LogP contribution in [0, 0.1) is 0 Å². The molecule has 1 N–H and O–H groups in total. The highest BCUT2D eigenvalue weighted by atomic mass is 16.2. The van der Waals surface area contributed by atoms with E-state index >= 15 is 0 Å². The van der Waals surface area contributed by atoms with E-state index in [0.29, 0.717) is 6.54 Å². The van der Waals surface area contributed by atoms with Crippen molar-refractivity contribution in [3.05, 3.63) is 71.3 Å². The van der Waals surface area contributed by atoms with Gasteiger partial charge < -0.3 is 0 Å². The smallest absolute Gasteiger partial charge is 0.248 e. The highest BCUT2D eigenvalue weighted by Gasteiger charge is 2.33. The van der Waals surface area contributed by atoms with Crippen LogP contribution in [0.2, 0.25) is 0 Å². The molecular formula is C19H20N2O2. The summed E-state index contributed by atoms with van der Waals surface area (Å²) >= 11 is 0. The normalized spacial score (nSPS) is 17.3. The summed E-state index contributed by atoms with van der Waals surface area (Å²) in [6, 6.07) is 17.6. The second-order valence-corrected chi connectivity index (χ2v) is 5.85. The molecule has 2 amide bonds. The quantitative estimate of drug-likeness (QED) is 0.947. The molecule has 4 nitrogen and oxygen atoms in total. The number of benzene rings is 2. The van der Waals surface area contributed by atoms with Crippen LogP contribution in [-0.2, 0) is 22.6 Å². The van der Waals surface area contributed by atoms with Gasteiger partial charge in [0.2, 0.25) is 11.8 Å². The molecule has 1 unspecified atom stereocenters. The average molecular weight is 308 g/mol. The minimum Gasteiger partial charge on any atom is -0.295 e. The molecule has 118 valence electrons. The van der Waals surface area contributed by atoms with Gasteiger partial charge in [0.05, 0.1) is 0 Å². The van der Waals surface area contributed by atoms with Gasteiger partial charge in [0.1, 0.15) is 6.04 Å². The fourth-order valence-electron chi connectivity index (χ4n) is 3.16. The summed E-state index contributed by atoms with van der Waals surface area (Å²) in [6.45, 7) is 2.85. The second kappa shape index (κ2) is 6.75. The van der Waals surface area contributed by atoms with Gasteiger partial charge in [-0.1, -0.05) is 54.6 Å². The van der Waals surface area contributed by atoms with Gasteiger partial charge in [0.15, 0.2) is 0 Å². The van der Waals surface area contributed by atoms with Crippen molar-refractivity contribution in [1.82, 2.24) is 10.2 Å². The molecule has 2 aromatic carbocycles. The summed E-state index contributed by atoms with van der Waals surface area (Å²) in [5.74, 6) is -0.571. The molecule has 0 saturated heterocycles. The Morgan fingerprint density at radius 1 is 1.09 bits per heavy atom. The molecule has 0 aliphatic carbocycles. The zero-order chi connectivity index (χ0) is 16.2. The molecule has 1 atom stereocenters. The highest BCUT2D eigenvalue weighted by molar-refractivity contribution is 5.97. The number of carbonyl (C=O) groups is 2. The van der Waals surface area contributed by atoms with Crippen molar-refractivity contribution in [3.63, 3.8) is 0 Å². The number of imide groups is 1. The predicted octanol–water partition coefficient (Wildman–Crippen LogP) is 2.45. The lowest BCUT2D eigenvalue weighted by Gasteiger charge is -2.36. The van der Waals surface area contributed by atoms with Crippen LogP contribution in [0.25, 0.3) is 0 Å². The molecule has 0 fully saturated rings. The maximum atomic E-state index is 12.6. The predicted molar refractivity (Wildman–Crippen MR) is 88.6 cm³/mol. The fraction of sp³-hybridized carbons (Fsp3) is 0.263. The Morgan fingerprint density at radius 3 is 2.52 bits per heavy atom. The van der Waals surface area contributed by atoms with Gasteiger partial charge in [-0.25, -0.2) is 0 Å². The van der Waals surface area contributed by atoms with Crippen LogP contribution in [0.3, 0.4) is 0 Å². The summed E-state index contributed by atoms with van der Waals surface area (Å²) in [5, 5.41) is 2.45. The average Bonchev–Trinajstić information content (AvgIpc) is 2.55. The van der Waals surface area contributed by atoms with Crippen LogP contribution in [-0.4, -0.2) is 23.3 Å². The Hall–Kier alpha value is -2.46. The lowest BCUT2D eigenvalue weighted by molar-refractivity contribution is -0.133. The zero-order valence-electron chi connectivity index (χ0n) is 13.2.